The smallest absolute Gasteiger partial charge is 0.205 e. The molecule has 93 valence electrons. The summed E-state index contributed by atoms with van der Waals surface area (Å²) in [6.07, 6.45) is 0.891. The van der Waals surface area contributed by atoms with Gasteiger partial charge in [-0.05, 0) is 24.1 Å². The Labute approximate surface area is 106 Å². The van der Waals surface area contributed by atoms with Crippen molar-refractivity contribution in [3.05, 3.63) is 35.4 Å². The standard InChI is InChI=1S/C14H21O2Si/c1-14(2,3)13(16-17(4)5)12-9-7-6-8-11(12)10-15/h6-10,13H,1-5H3. The maximum Gasteiger partial charge on any atom is 0.205 e. The van der Waals surface area contributed by atoms with Crippen LogP contribution in [0.15, 0.2) is 24.3 Å². The molecule has 1 rings (SSSR count). The molecular formula is C14H21O2Si. The Morgan fingerprint density at radius 2 is 1.82 bits per heavy atom. The third kappa shape index (κ3) is 3.79. The van der Waals surface area contributed by atoms with Crippen molar-refractivity contribution in [3.8, 4) is 0 Å². The number of aldehydes is 1. The fourth-order valence-electron chi connectivity index (χ4n) is 1.80. The lowest BCUT2D eigenvalue weighted by Gasteiger charge is -2.33. The van der Waals surface area contributed by atoms with Crippen molar-refractivity contribution < 1.29 is 9.22 Å². The molecule has 0 spiro atoms. The van der Waals surface area contributed by atoms with Gasteiger partial charge >= 0.3 is 0 Å². The molecule has 2 nitrogen and oxygen atoms in total. The molecule has 0 bridgehead atoms. The maximum absolute atomic E-state index is 11.1. The summed E-state index contributed by atoms with van der Waals surface area (Å²) < 4.78 is 6.09. The summed E-state index contributed by atoms with van der Waals surface area (Å²) in [7, 11) is -0.803. The minimum Gasteiger partial charge on any atom is -0.410 e. The summed E-state index contributed by atoms with van der Waals surface area (Å²) in [5.41, 5.74) is 1.72. The van der Waals surface area contributed by atoms with Crippen LogP contribution in [0.3, 0.4) is 0 Å². The van der Waals surface area contributed by atoms with E-state index >= 15 is 0 Å². The number of hydrogen-bond acceptors (Lipinski definition) is 2. The predicted octanol–water partition coefficient (Wildman–Crippen LogP) is 3.85. The summed E-state index contributed by atoms with van der Waals surface area (Å²) in [5.74, 6) is 0. The molecule has 3 heteroatoms. The molecule has 0 aromatic heterocycles. The summed E-state index contributed by atoms with van der Waals surface area (Å²) >= 11 is 0. The highest BCUT2D eigenvalue weighted by Crippen LogP contribution is 2.37. The zero-order valence-corrected chi connectivity index (χ0v) is 12.3. The second-order valence-corrected chi connectivity index (χ2v) is 7.57. The molecule has 0 saturated carbocycles. The van der Waals surface area contributed by atoms with E-state index in [9.17, 15) is 4.79 Å². The average molecular weight is 249 g/mol. The van der Waals surface area contributed by atoms with Crippen LogP contribution in [0.25, 0.3) is 0 Å². The summed E-state index contributed by atoms with van der Waals surface area (Å²) in [4.78, 5) is 11.1. The van der Waals surface area contributed by atoms with Gasteiger partial charge in [0.2, 0.25) is 9.04 Å². The summed E-state index contributed by atoms with van der Waals surface area (Å²) in [6, 6.07) is 7.69. The van der Waals surface area contributed by atoms with Crippen molar-refractivity contribution in [2.75, 3.05) is 0 Å². The fourth-order valence-corrected chi connectivity index (χ4v) is 2.75. The average Bonchev–Trinajstić information content (AvgIpc) is 2.24. The molecule has 0 aliphatic heterocycles. The lowest BCUT2D eigenvalue weighted by atomic mass is 9.83. The van der Waals surface area contributed by atoms with Crippen LogP contribution >= 0.6 is 0 Å². The van der Waals surface area contributed by atoms with Crippen molar-refractivity contribution in [1.29, 1.82) is 0 Å². The molecule has 1 unspecified atom stereocenters. The Hall–Kier alpha value is -0.933. The normalized spacial score (nSPS) is 13.8. The van der Waals surface area contributed by atoms with Gasteiger partial charge in [0, 0.05) is 5.56 Å². The Balaban J connectivity index is 3.17. The maximum atomic E-state index is 11.1. The predicted molar refractivity (Wildman–Crippen MR) is 72.6 cm³/mol. The molecule has 0 N–H and O–H groups in total. The number of benzene rings is 1. The van der Waals surface area contributed by atoms with E-state index < -0.39 is 9.04 Å². The van der Waals surface area contributed by atoms with Crippen LogP contribution in [0.5, 0.6) is 0 Å². The zero-order chi connectivity index (χ0) is 13.1. The van der Waals surface area contributed by atoms with Gasteiger partial charge in [-0.2, -0.15) is 0 Å². The van der Waals surface area contributed by atoms with Crippen molar-refractivity contribution >= 4 is 15.3 Å². The minimum atomic E-state index is -0.803. The van der Waals surface area contributed by atoms with E-state index in [0.717, 1.165) is 17.4 Å². The first-order chi connectivity index (χ1) is 7.86. The fraction of sp³-hybridized carbons (Fsp3) is 0.500. The quantitative estimate of drug-likeness (QED) is 0.598. The first-order valence-electron chi connectivity index (χ1n) is 5.87. The molecule has 0 aliphatic rings. The van der Waals surface area contributed by atoms with Crippen LogP contribution in [0, 0.1) is 5.41 Å². The number of rotatable bonds is 4. The van der Waals surface area contributed by atoms with Crippen molar-refractivity contribution in [3.63, 3.8) is 0 Å². The Kier molecular flexibility index (Phi) is 4.66. The molecule has 0 heterocycles. The molecular weight excluding hydrogens is 228 g/mol. The molecule has 1 aromatic carbocycles. The van der Waals surface area contributed by atoms with Crippen LogP contribution in [0.2, 0.25) is 13.1 Å². The van der Waals surface area contributed by atoms with Crippen molar-refractivity contribution in [1.82, 2.24) is 0 Å². The molecule has 0 aliphatic carbocycles. The molecule has 0 fully saturated rings. The molecule has 0 amide bonds. The van der Waals surface area contributed by atoms with Gasteiger partial charge in [-0.1, -0.05) is 45.0 Å². The molecule has 1 radical (unpaired) electrons. The Morgan fingerprint density at radius 1 is 1.24 bits per heavy atom. The Bertz CT molecular complexity index is 380. The summed E-state index contributed by atoms with van der Waals surface area (Å²) in [5, 5.41) is 0. The van der Waals surface area contributed by atoms with Gasteiger partial charge in [0.05, 0.1) is 6.10 Å². The van der Waals surface area contributed by atoms with Gasteiger partial charge in [-0.15, -0.1) is 0 Å². The first-order valence-corrected chi connectivity index (χ1v) is 8.28. The molecule has 1 atom stereocenters. The highest BCUT2D eigenvalue weighted by atomic mass is 28.3. The highest BCUT2D eigenvalue weighted by Gasteiger charge is 2.29. The topological polar surface area (TPSA) is 26.3 Å². The SMILES string of the molecule is C[Si](C)OC(c1ccccc1C=O)C(C)(C)C. The van der Waals surface area contributed by atoms with E-state index in [1.807, 2.05) is 24.3 Å². The number of hydrogen-bond donors (Lipinski definition) is 0. The highest BCUT2D eigenvalue weighted by molar-refractivity contribution is 6.48. The number of carbonyl (C=O) groups excluding carboxylic acids is 1. The third-order valence-corrected chi connectivity index (χ3v) is 3.25. The van der Waals surface area contributed by atoms with Gasteiger partial charge in [0.25, 0.3) is 0 Å². The van der Waals surface area contributed by atoms with Gasteiger partial charge in [0.1, 0.15) is 6.29 Å². The van der Waals surface area contributed by atoms with Gasteiger partial charge in [-0.3, -0.25) is 4.79 Å². The molecule has 0 saturated heterocycles. The largest absolute Gasteiger partial charge is 0.410 e. The van der Waals surface area contributed by atoms with E-state index in [1.165, 1.54) is 0 Å². The monoisotopic (exact) mass is 249 g/mol. The van der Waals surface area contributed by atoms with Crippen LogP contribution in [0.1, 0.15) is 42.8 Å². The molecule has 17 heavy (non-hydrogen) atoms. The lowest BCUT2D eigenvalue weighted by molar-refractivity contribution is 0.0849. The number of carbonyl (C=O) groups is 1. The van der Waals surface area contributed by atoms with E-state index in [0.29, 0.717) is 0 Å². The van der Waals surface area contributed by atoms with Crippen molar-refractivity contribution in [2.45, 2.75) is 40.0 Å². The first kappa shape index (κ1) is 14.1. The van der Waals surface area contributed by atoms with Crippen molar-refractivity contribution in [2.24, 2.45) is 5.41 Å². The third-order valence-electron chi connectivity index (χ3n) is 2.55. The van der Waals surface area contributed by atoms with Crippen LogP contribution in [-0.4, -0.2) is 15.3 Å². The summed E-state index contributed by atoms with van der Waals surface area (Å²) in [6.45, 7) is 10.7. The van der Waals surface area contributed by atoms with Gasteiger partial charge in [0.15, 0.2) is 0 Å². The second-order valence-electron chi connectivity index (χ2n) is 5.52. The van der Waals surface area contributed by atoms with Crippen LogP contribution in [-0.2, 0) is 4.43 Å². The second kappa shape index (κ2) is 5.60. The van der Waals surface area contributed by atoms with E-state index in [4.69, 9.17) is 4.43 Å². The van der Waals surface area contributed by atoms with E-state index in [-0.39, 0.29) is 11.5 Å². The van der Waals surface area contributed by atoms with E-state index in [2.05, 4.69) is 33.9 Å². The minimum absolute atomic E-state index is 0.0128. The van der Waals surface area contributed by atoms with Crippen LogP contribution < -0.4 is 0 Å². The lowest BCUT2D eigenvalue weighted by Crippen LogP contribution is -2.26. The van der Waals surface area contributed by atoms with Crippen LogP contribution in [0.4, 0.5) is 0 Å². The van der Waals surface area contributed by atoms with E-state index in [1.54, 1.807) is 0 Å². The zero-order valence-electron chi connectivity index (χ0n) is 11.3. The van der Waals surface area contributed by atoms with Gasteiger partial charge < -0.3 is 4.43 Å². The van der Waals surface area contributed by atoms with Gasteiger partial charge in [-0.25, -0.2) is 0 Å². The molecule has 1 aromatic rings. The Morgan fingerprint density at radius 3 is 2.29 bits per heavy atom.